The van der Waals surface area contributed by atoms with Crippen LogP contribution in [0.15, 0.2) is 18.2 Å². The molecule has 3 aliphatic rings. The van der Waals surface area contributed by atoms with Gasteiger partial charge in [0.25, 0.3) is 5.91 Å². The summed E-state index contributed by atoms with van der Waals surface area (Å²) in [5.41, 5.74) is 1.01. The third-order valence-electron chi connectivity index (χ3n) is 7.34. The number of hydrogen-bond acceptors (Lipinski definition) is 5. The topological polar surface area (TPSA) is 97.0 Å². The molecule has 2 heterocycles. The van der Waals surface area contributed by atoms with Gasteiger partial charge in [0.05, 0.1) is 24.1 Å². The zero-order valence-corrected chi connectivity index (χ0v) is 20.3. The molecule has 0 radical (unpaired) electrons. The highest BCUT2D eigenvalue weighted by molar-refractivity contribution is 5.99. The van der Waals surface area contributed by atoms with Crippen LogP contribution in [0.3, 0.4) is 0 Å². The van der Waals surface area contributed by atoms with Crippen LogP contribution < -0.4 is 15.4 Å². The number of carbonyl (C=O) groups excluding carboxylic acids is 3. The summed E-state index contributed by atoms with van der Waals surface area (Å²) in [4.78, 5) is 39.3. The molecule has 0 aromatic heterocycles. The van der Waals surface area contributed by atoms with Gasteiger partial charge in [-0.1, -0.05) is 26.2 Å². The van der Waals surface area contributed by atoms with Crippen molar-refractivity contribution in [1.82, 2.24) is 10.2 Å². The molecule has 2 aliphatic heterocycles. The van der Waals surface area contributed by atoms with Crippen LogP contribution in [-0.2, 0) is 14.3 Å². The number of fused-ring (bicyclic) bond motifs is 2. The summed E-state index contributed by atoms with van der Waals surface area (Å²) in [6.45, 7) is 2.84. The molecular formula is C26H37N3O5. The van der Waals surface area contributed by atoms with Crippen molar-refractivity contribution < 1.29 is 23.9 Å². The van der Waals surface area contributed by atoms with E-state index in [-0.39, 0.29) is 36.0 Å². The fourth-order valence-electron chi connectivity index (χ4n) is 5.28. The second-order valence-corrected chi connectivity index (χ2v) is 9.79. The van der Waals surface area contributed by atoms with E-state index in [2.05, 4.69) is 10.6 Å². The van der Waals surface area contributed by atoms with Gasteiger partial charge in [0.15, 0.2) is 0 Å². The summed E-state index contributed by atoms with van der Waals surface area (Å²) in [7, 11) is 1.78. The number of amides is 3. The molecule has 1 aliphatic carbocycles. The lowest BCUT2D eigenvalue weighted by Gasteiger charge is -2.42. The van der Waals surface area contributed by atoms with E-state index in [0.717, 1.165) is 19.4 Å². The molecule has 186 valence electrons. The van der Waals surface area contributed by atoms with Gasteiger partial charge in [-0.15, -0.1) is 0 Å². The van der Waals surface area contributed by atoms with Crippen molar-refractivity contribution in [2.75, 3.05) is 25.5 Å². The molecule has 1 aromatic rings. The van der Waals surface area contributed by atoms with E-state index in [9.17, 15) is 14.4 Å². The largest absolute Gasteiger partial charge is 0.490 e. The maximum Gasteiger partial charge on any atom is 0.257 e. The maximum absolute atomic E-state index is 13.3. The second-order valence-electron chi connectivity index (χ2n) is 9.79. The molecule has 2 N–H and O–H groups in total. The van der Waals surface area contributed by atoms with Crippen molar-refractivity contribution in [3.8, 4) is 5.75 Å². The number of nitrogens with one attached hydrogen (secondary N) is 2. The highest BCUT2D eigenvalue weighted by Gasteiger charge is 2.39. The minimum atomic E-state index is -0.300. The lowest BCUT2D eigenvalue weighted by molar-refractivity contribution is -0.134. The Morgan fingerprint density at radius 1 is 1.09 bits per heavy atom. The van der Waals surface area contributed by atoms with Crippen molar-refractivity contribution in [2.45, 2.75) is 83.0 Å². The van der Waals surface area contributed by atoms with E-state index in [0.29, 0.717) is 42.4 Å². The summed E-state index contributed by atoms with van der Waals surface area (Å²) in [5, 5.41) is 5.90. The summed E-state index contributed by atoms with van der Waals surface area (Å²) < 4.78 is 12.3. The standard InChI is InChI=1S/C26H37N3O5/c1-3-24(30)28-18-9-12-22-20(13-18)26(32)29(2)21-11-10-19(34-23(21)16-33-22)14-25(31)27-15-17-7-5-4-6-8-17/h9,12-13,17,19,21,23H,3-8,10-11,14-16H2,1-2H3,(H,27,31)(H,28,30)/t19-,21+,23+/m1/s1. The van der Waals surface area contributed by atoms with Crippen molar-refractivity contribution in [3.63, 3.8) is 0 Å². The predicted octanol–water partition coefficient (Wildman–Crippen LogP) is 3.50. The van der Waals surface area contributed by atoms with Crippen LogP contribution >= 0.6 is 0 Å². The summed E-state index contributed by atoms with van der Waals surface area (Å²) in [6, 6.07) is 4.99. The molecule has 1 saturated carbocycles. The minimum Gasteiger partial charge on any atom is -0.490 e. The number of nitrogens with zero attached hydrogens (tertiary/aromatic N) is 1. The SMILES string of the molecule is CCC(=O)Nc1ccc2c(c1)C(=O)N(C)[C@H]1CC[C@H](CC(=O)NCC3CCCCC3)O[C@H]1CO2. The molecule has 3 atom stereocenters. The third kappa shape index (κ3) is 5.90. The van der Waals surface area contributed by atoms with Gasteiger partial charge in [-0.2, -0.15) is 0 Å². The smallest absolute Gasteiger partial charge is 0.257 e. The Kier molecular flexibility index (Phi) is 8.08. The second kappa shape index (κ2) is 11.2. The van der Waals surface area contributed by atoms with Crippen molar-refractivity contribution in [2.24, 2.45) is 5.92 Å². The van der Waals surface area contributed by atoms with Gasteiger partial charge >= 0.3 is 0 Å². The predicted molar refractivity (Wildman–Crippen MR) is 129 cm³/mol. The van der Waals surface area contributed by atoms with E-state index >= 15 is 0 Å². The van der Waals surface area contributed by atoms with Crippen LogP contribution in [0.25, 0.3) is 0 Å². The highest BCUT2D eigenvalue weighted by Crippen LogP contribution is 2.32. The van der Waals surface area contributed by atoms with E-state index in [1.165, 1.54) is 32.1 Å². The quantitative estimate of drug-likeness (QED) is 0.662. The lowest BCUT2D eigenvalue weighted by Crippen LogP contribution is -2.54. The number of rotatable bonds is 6. The van der Waals surface area contributed by atoms with Gasteiger partial charge in [0.2, 0.25) is 11.8 Å². The first kappa shape index (κ1) is 24.5. The van der Waals surface area contributed by atoms with E-state index in [1.54, 1.807) is 37.1 Å². The molecule has 0 unspecified atom stereocenters. The van der Waals surface area contributed by atoms with E-state index in [1.807, 2.05) is 0 Å². The molecule has 0 bridgehead atoms. The van der Waals surface area contributed by atoms with Crippen LogP contribution in [0.4, 0.5) is 5.69 Å². The van der Waals surface area contributed by atoms with Crippen LogP contribution in [-0.4, -0.2) is 61.1 Å². The van der Waals surface area contributed by atoms with Crippen molar-refractivity contribution in [1.29, 1.82) is 0 Å². The summed E-state index contributed by atoms with van der Waals surface area (Å²) in [6.07, 6.45) is 7.93. The molecule has 8 nitrogen and oxygen atoms in total. The number of hydrogen-bond donors (Lipinski definition) is 2. The molecule has 3 amide bonds. The van der Waals surface area contributed by atoms with Gasteiger partial charge in [0.1, 0.15) is 18.5 Å². The fraction of sp³-hybridized carbons (Fsp3) is 0.654. The van der Waals surface area contributed by atoms with Crippen LogP contribution in [0.1, 0.15) is 75.1 Å². The molecule has 4 rings (SSSR count). The van der Waals surface area contributed by atoms with Crippen molar-refractivity contribution in [3.05, 3.63) is 23.8 Å². The molecule has 34 heavy (non-hydrogen) atoms. The number of ether oxygens (including phenoxy) is 2. The molecular weight excluding hydrogens is 434 g/mol. The highest BCUT2D eigenvalue weighted by atomic mass is 16.5. The number of likely N-dealkylation sites (N-methyl/N-ethyl adjacent to an activating group) is 1. The summed E-state index contributed by atoms with van der Waals surface area (Å²) >= 11 is 0. The molecule has 2 fully saturated rings. The first-order chi connectivity index (χ1) is 16.4. The first-order valence-corrected chi connectivity index (χ1v) is 12.7. The van der Waals surface area contributed by atoms with Gasteiger partial charge in [-0.05, 0) is 49.8 Å². The van der Waals surface area contributed by atoms with E-state index in [4.69, 9.17) is 9.47 Å². The van der Waals surface area contributed by atoms with Crippen molar-refractivity contribution >= 4 is 23.4 Å². The number of carbonyl (C=O) groups is 3. The first-order valence-electron chi connectivity index (χ1n) is 12.7. The monoisotopic (exact) mass is 471 g/mol. The van der Waals surface area contributed by atoms with Gasteiger partial charge < -0.3 is 25.0 Å². The Labute approximate surface area is 201 Å². The van der Waals surface area contributed by atoms with Crippen LogP contribution in [0, 0.1) is 5.92 Å². The van der Waals surface area contributed by atoms with Gasteiger partial charge in [-0.25, -0.2) is 0 Å². The molecule has 8 heteroatoms. The van der Waals surface area contributed by atoms with Crippen LogP contribution in [0.2, 0.25) is 0 Å². The van der Waals surface area contributed by atoms with E-state index < -0.39 is 0 Å². The zero-order chi connectivity index (χ0) is 24.1. The molecule has 1 aromatic carbocycles. The van der Waals surface area contributed by atoms with Gasteiger partial charge in [-0.3, -0.25) is 14.4 Å². The average molecular weight is 472 g/mol. The average Bonchev–Trinajstić information content (AvgIpc) is 2.86. The Morgan fingerprint density at radius 2 is 1.88 bits per heavy atom. The minimum absolute atomic E-state index is 0.0391. The number of anilines is 1. The summed E-state index contributed by atoms with van der Waals surface area (Å²) in [5.74, 6) is 0.841. The zero-order valence-electron chi connectivity index (χ0n) is 20.3. The molecule has 1 saturated heterocycles. The maximum atomic E-state index is 13.3. The fourth-order valence-corrected chi connectivity index (χ4v) is 5.28. The normalized spacial score (nSPS) is 25.3. The Bertz CT molecular complexity index is 898. The number of benzene rings is 1. The lowest BCUT2D eigenvalue weighted by atomic mass is 9.89. The third-order valence-corrected chi connectivity index (χ3v) is 7.34. The van der Waals surface area contributed by atoms with Gasteiger partial charge in [0, 0.05) is 25.7 Å². The Morgan fingerprint density at radius 3 is 2.65 bits per heavy atom. The molecule has 0 spiro atoms. The Hall–Kier alpha value is -2.61. The van der Waals surface area contributed by atoms with Crippen LogP contribution in [0.5, 0.6) is 5.75 Å². The Balaban J connectivity index is 1.36.